The Labute approximate surface area is 109 Å². The highest BCUT2D eigenvalue weighted by Gasteiger charge is 2.30. The second kappa shape index (κ2) is 4.42. The fraction of sp³-hybridized carbons (Fsp3) is 0.357. The molecule has 0 bridgehead atoms. The van der Waals surface area contributed by atoms with Gasteiger partial charge in [-0.1, -0.05) is 0 Å². The van der Waals surface area contributed by atoms with Crippen molar-refractivity contribution in [3.05, 3.63) is 35.5 Å². The number of aromatic amines is 1. The number of fused-ring (bicyclic) bond motifs is 1. The molecule has 3 rings (SSSR count). The highest BCUT2D eigenvalue weighted by molar-refractivity contribution is 6.10. The maximum atomic E-state index is 13.6. The number of Topliss-reactive ketones (excluding diaryl/α,β-unsaturated/α-hetero) is 1. The van der Waals surface area contributed by atoms with Crippen molar-refractivity contribution >= 4 is 16.7 Å². The zero-order valence-corrected chi connectivity index (χ0v) is 10.5. The zero-order chi connectivity index (χ0) is 13.6. The number of carbonyl (C=O) groups excluding carboxylic acids is 1. The summed E-state index contributed by atoms with van der Waals surface area (Å²) in [5.41, 5.74) is 0.497. The molecule has 2 aromatic rings. The predicted molar refractivity (Wildman–Crippen MR) is 68.2 cm³/mol. The quantitative estimate of drug-likeness (QED) is 0.847. The number of halogens is 2. The number of benzene rings is 1. The summed E-state index contributed by atoms with van der Waals surface area (Å²) < 4.78 is 26.7. The van der Waals surface area contributed by atoms with Gasteiger partial charge >= 0.3 is 0 Å². The number of rotatable bonds is 2. The van der Waals surface area contributed by atoms with Crippen molar-refractivity contribution in [2.45, 2.75) is 18.9 Å². The molecule has 19 heavy (non-hydrogen) atoms. The highest BCUT2D eigenvalue weighted by atomic mass is 19.2. The smallest absolute Gasteiger partial charge is 0.182 e. The van der Waals surface area contributed by atoms with Crippen LogP contribution >= 0.6 is 0 Å². The minimum atomic E-state index is -0.934. The van der Waals surface area contributed by atoms with E-state index < -0.39 is 11.6 Å². The van der Waals surface area contributed by atoms with Gasteiger partial charge in [0, 0.05) is 17.1 Å². The second-order valence-corrected chi connectivity index (χ2v) is 4.99. The Hall–Kier alpha value is -1.75. The number of H-pyrrole nitrogens is 1. The van der Waals surface area contributed by atoms with Crippen molar-refractivity contribution < 1.29 is 13.6 Å². The first-order valence-corrected chi connectivity index (χ1v) is 6.29. The molecule has 0 aliphatic carbocycles. The summed E-state index contributed by atoms with van der Waals surface area (Å²) in [6.45, 7) is 0.891. The molecule has 1 aliphatic heterocycles. The Morgan fingerprint density at radius 3 is 2.89 bits per heavy atom. The maximum Gasteiger partial charge on any atom is 0.182 e. The van der Waals surface area contributed by atoms with Crippen LogP contribution in [0.15, 0.2) is 18.3 Å². The van der Waals surface area contributed by atoms with E-state index in [4.69, 9.17) is 0 Å². The third-order valence-electron chi connectivity index (χ3n) is 3.83. The van der Waals surface area contributed by atoms with Crippen molar-refractivity contribution in [2.24, 2.45) is 0 Å². The van der Waals surface area contributed by atoms with Gasteiger partial charge in [0.1, 0.15) is 0 Å². The van der Waals surface area contributed by atoms with Gasteiger partial charge < -0.3 is 4.98 Å². The topological polar surface area (TPSA) is 36.1 Å². The first kappa shape index (κ1) is 12.3. The summed E-state index contributed by atoms with van der Waals surface area (Å²) in [5, 5.41) is 0.448. The van der Waals surface area contributed by atoms with Crippen molar-refractivity contribution in [3.63, 3.8) is 0 Å². The predicted octanol–water partition coefficient (Wildman–Crippen LogP) is 2.72. The number of likely N-dealkylation sites (tertiary alicyclic amines) is 1. The van der Waals surface area contributed by atoms with Crippen LogP contribution in [0.1, 0.15) is 23.2 Å². The van der Waals surface area contributed by atoms with Crippen LogP contribution in [0.3, 0.4) is 0 Å². The number of carbonyl (C=O) groups is 1. The van der Waals surface area contributed by atoms with E-state index >= 15 is 0 Å². The fourth-order valence-electron chi connectivity index (χ4n) is 2.76. The Bertz CT molecular complexity index is 650. The van der Waals surface area contributed by atoms with Crippen LogP contribution in [-0.4, -0.2) is 35.3 Å². The summed E-state index contributed by atoms with van der Waals surface area (Å²) in [4.78, 5) is 17.1. The van der Waals surface area contributed by atoms with Crippen molar-refractivity contribution in [1.82, 2.24) is 9.88 Å². The maximum absolute atomic E-state index is 13.6. The van der Waals surface area contributed by atoms with Crippen LogP contribution in [0.25, 0.3) is 10.9 Å². The van der Waals surface area contributed by atoms with E-state index in [1.54, 1.807) is 0 Å². The first-order valence-electron chi connectivity index (χ1n) is 6.29. The monoisotopic (exact) mass is 264 g/mol. The number of nitrogens with one attached hydrogen (secondary N) is 1. The van der Waals surface area contributed by atoms with Crippen LogP contribution < -0.4 is 0 Å². The normalized spacial score (nSPS) is 20.3. The summed E-state index contributed by atoms with van der Waals surface area (Å²) in [7, 11) is 1.91. The van der Waals surface area contributed by atoms with E-state index in [9.17, 15) is 13.6 Å². The van der Waals surface area contributed by atoms with Gasteiger partial charge in [-0.2, -0.15) is 0 Å². The molecule has 1 aromatic carbocycles. The zero-order valence-electron chi connectivity index (χ0n) is 10.5. The summed E-state index contributed by atoms with van der Waals surface area (Å²) in [5.74, 6) is -1.88. The average Bonchev–Trinajstić information content (AvgIpc) is 2.99. The molecule has 2 heterocycles. The molecule has 5 heteroatoms. The first-order chi connectivity index (χ1) is 9.09. The molecule has 1 fully saturated rings. The van der Waals surface area contributed by atoms with Gasteiger partial charge in [0.2, 0.25) is 0 Å². The van der Waals surface area contributed by atoms with Crippen LogP contribution in [0.2, 0.25) is 0 Å². The number of nitrogens with zero attached hydrogens (tertiary/aromatic N) is 1. The number of aromatic nitrogens is 1. The molecule has 0 spiro atoms. The van der Waals surface area contributed by atoms with Crippen LogP contribution in [0, 0.1) is 11.6 Å². The summed E-state index contributed by atoms with van der Waals surface area (Å²) in [6, 6.07) is 2.35. The Morgan fingerprint density at radius 1 is 1.42 bits per heavy atom. The van der Waals surface area contributed by atoms with Gasteiger partial charge in [0.25, 0.3) is 0 Å². The fourth-order valence-corrected chi connectivity index (χ4v) is 2.76. The molecule has 0 saturated carbocycles. The molecule has 0 amide bonds. The van der Waals surface area contributed by atoms with Crippen LogP contribution in [-0.2, 0) is 0 Å². The minimum absolute atomic E-state index is 0.0303. The molecule has 1 unspecified atom stereocenters. The van der Waals surface area contributed by atoms with Gasteiger partial charge in [-0.05, 0) is 38.6 Å². The van der Waals surface area contributed by atoms with E-state index in [2.05, 4.69) is 4.98 Å². The molecular formula is C14H14F2N2O. The van der Waals surface area contributed by atoms with Gasteiger partial charge in [-0.15, -0.1) is 0 Å². The van der Waals surface area contributed by atoms with E-state index in [1.165, 1.54) is 12.3 Å². The van der Waals surface area contributed by atoms with Gasteiger partial charge in [-0.3, -0.25) is 9.69 Å². The number of hydrogen-bond acceptors (Lipinski definition) is 2. The SMILES string of the molecule is CN1CCCC1C(=O)c1c[nH]c2c(F)c(F)ccc12. The largest absolute Gasteiger partial charge is 0.358 e. The number of hydrogen-bond donors (Lipinski definition) is 1. The van der Waals surface area contributed by atoms with E-state index in [-0.39, 0.29) is 17.3 Å². The van der Waals surface area contributed by atoms with Gasteiger partial charge in [0.05, 0.1) is 11.6 Å². The third kappa shape index (κ3) is 1.85. The standard InChI is InChI=1S/C14H14F2N2O/c1-18-6-2-3-11(18)14(19)9-7-17-13-8(9)4-5-10(15)12(13)16/h4-5,7,11,17H,2-3,6H2,1H3. The minimum Gasteiger partial charge on any atom is -0.358 e. The molecule has 0 radical (unpaired) electrons. The number of ketones is 1. The number of likely N-dealkylation sites (N-methyl/N-ethyl adjacent to an activating group) is 1. The van der Waals surface area contributed by atoms with Crippen molar-refractivity contribution in [1.29, 1.82) is 0 Å². The summed E-state index contributed by atoms with van der Waals surface area (Å²) >= 11 is 0. The van der Waals surface area contributed by atoms with Gasteiger partial charge in [-0.25, -0.2) is 8.78 Å². The molecule has 1 saturated heterocycles. The molecule has 1 N–H and O–H groups in total. The van der Waals surface area contributed by atoms with Crippen LogP contribution in [0.5, 0.6) is 0 Å². The molecule has 1 aromatic heterocycles. The second-order valence-electron chi connectivity index (χ2n) is 4.99. The van der Waals surface area contributed by atoms with Crippen LogP contribution in [0.4, 0.5) is 8.78 Å². The van der Waals surface area contributed by atoms with E-state index in [1.807, 2.05) is 11.9 Å². The van der Waals surface area contributed by atoms with Crippen molar-refractivity contribution in [2.75, 3.05) is 13.6 Å². The highest BCUT2D eigenvalue weighted by Crippen LogP contribution is 2.27. The Morgan fingerprint density at radius 2 is 2.21 bits per heavy atom. The molecular weight excluding hydrogens is 250 g/mol. The van der Waals surface area contributed by atoms with E-state index in [0.29, 0.717) is 10.9 Å². The Kier molecular flexibility index (Phi) is 2.86. The average molecular weight is 264 g/mol. The molecule has 1 aliphatic rings. The lowest BCUT2D eigenvalue weighted by Crippen LogP contribution is -2.32. The summed E-state index contributed by atoms with van der Waals surface area (Å²) in [6.07, 6.45) is 3.27. The lowest BCUT2D eigenvalue weighted by molar-refractivity contribution is 0.0892. The molecule has 3 nitrogen and oxygen atoms in total. The van der Waals surface area contributed by atoms with Crippen molar-refractivity contribution in [3.8, 4) is 0 Å². The molecule has 100 valence electrons. The van der Waals surface area contributed by atoms with Gasteiger partial charge in [0.15, 0.2) is 17.4 Å². The van der Waals surface area contributed by atoms with E-state index in [0.717, 1.165) is 25.5 Å². The molecule has 1 atom stereocenters. The third-order valence-corrected chi connectivity index (χ3v) is 3.83. The lowest BCUT2D eigenvalue weighted by Gasteiger charge is -2.17. The lowest BCUT2D eigenvalue weighted by atomic mass is 10.0. The Balaban J connectivity index is 2.06.